The molecule has 4 rings (SSSR count). The molecule has 2 heterocycles. The molecule has 3 aromatic rings. The van der Waals surface area contributed by atoms with Crippen LogP contribution in [0.25, 0.3) is 0 Å². The van der Waals surface area contributed by atoms with Crippen molar-refractivity contribution < 1.29 is 18.3 Å². The molecule has 30 heavy (non-hydrogen) atoms. The Hall–Kier alpha value is -2.94. The maximum Gasteiger partial charge on any atom is 0.322 e. The number of anilines is 1. The number of urea groups is 1. The first-order chi connectivity index (χ1) is 14.4. The largest absolute Gasteiger partial charge is 0.487 e. The maximum atomic E-state index is 13.4. The maximum absolute atomic E-state index is 13.4. The van der Waals surface area contributed by atoms with Gasteiger partial charge in [-0.25, -0.2) is 13.6 Å². The summed E-state index contributed by atoms with van der Waals surface area (Å²) in [5.41, 5.74) is 3.26. The number of aryl methyl sites for hydroxylation is 1. The first-order valence-electron chi connectivity index (χ1n) is 9.33. The van der Waals surface area contributed by atoms with Crippen molar-refractivity contribution in [3.8, 4) is 5.75 Å². The lowest BCUT2D eigenvalue weighted by atomic mass is 10.1. The van der Waals surface area contributed by atoms with Crippen molar-refractivity contribution in [1.29, 1.82) is 0 Å². The van der Waals surface area contributed by atoms with Gasteiger partial charge >= 0.3 is 6.03 Å². The molecule has 0 saturated heterocycles. The van der Waals surface area contributed by atoms with Crippen LogP contribution in [0.15, 0.2) is 46.9 Å². The fraction of sp³-hybridized carbons (Fsp3) is 0.238. The second-order valence-corrected chi connectivity index (χ2v) is 7.91. The number of halogens is 3. The molecule has 1 aliphatic heterocycles. The van der Waals surface area contributed by atoms with E-state index in [1.54, 1.807) is 9.58 Å². The number of amides is 2. The number of carbonyl (C=O) groups excluding carboxylic acids is 1. The Morgan fingerprint density at radius 2 is 1.90 bits per heavy atom. The summed E-state index contributed by atoms with van der Waals surface area (Å²) >= 11 is 3.37. The third-order valence-corrected chi connectivity index (χ3v) is 5.45. The average Bonchev–Trinajstić information content (AvgIpc) is 3.02. The van der Waals surface area contributed by atoms with Crippen LogP contribution < -0.4 is 10.1 Å². The summed E-state index contributed by atoms with van der Waals surface area (Å²) in [6.45, 7) is 0.986. The molecular weight excluding hydrogens is 458 g/mol. The van der Waals surface area contributed by atoms with Crippen LogP contribution in [0.5, 0.6) is 5.75 Å². The van der Waals surface area contributed by atoms with Crippen LogP contribution in [-0.2, 0) is 26.6 Å². The Bertz CT molecular complexity index is 1070. The molecule has 1 N–H and O–H groups in total. The Morgan fingerprint density at radius 1 is 1.20 bits per heavy atom. The van der Waals surface area contributed by atoms with E-state index in [2.05, 4.69) is 26.3 Å². The smallest absolute Gasteiger partial charge is 0.322 e. The number of ether oxygens (including phenoxy) is 1. The predicted octanol–water partition coefficient (Wildman–Crippen LogP) is 4.63. The van der Waals surface area contributed by atoms with Gasteiger partial charge in [-0.3, -0.25) is 4.68 Å². The predicted molar refractivity (Wildman–Crippen MR) is 111 cm³/mol. The van der Waals surface area contributed by atoms with E-state index in [4.69, 9.17) is 4.74 Å². The van der Waals surface area contributed by atoms with Crippen molar-refractivity contribution in [2.24, 2.45) is 7.05 Å². The van der Waals surface area contributed by atoms with Crippen molar-refractivity contribution in [3.05, 3.63) is 75.5 Å². The molecule has 0 atom stereocenters. The van der Waals surface area contributed by atoms with Crippen molar-refractivity contribution in [2.45, 2.75) is 19.6 Å². The van der Waals surface area contributed by atoms with Crippen LogP contribution >= 0.6 is 15.9 Å². The number of hydrogen-bond donors (Lipinski definition) is 1. The van der Waals surface area contributed by atoms with Crippen molar-refractivity contribution in [3.63, 3.8) is 0 Å². The van der Waals surface area contributed by atoms with Crippen LogP contribution in [0.4, 0.5) is 19.3 Å². The van der Waals surface area contributed by atoms with E-state index in [9.17, 15) is 13.6 Å². The molecule has 0 unspecified atom stereocenters. The first kappa shape index (κ1) is 20.3. The zero-order chi connectivity index (χ0) is 21.3. The molecule has 2 aromatic carbocycles. The van der Waals surface area contributed by atoms with Gasteiger partial charge in [-0.1, -0.05) is 15.9 Å². The number of rotatable bonds is 4. The standard InChI is InChI=1S/C21H19BrF2N4O2/c1-27-20-6-7-28(21(29)25-16-4-2-13(22)3-5-16)11-18(20)19(26-27)12-30-17-9-14(23)8-15(24)10-17/h2-5,8-10H,6-7,11-12H2,1H3,(H,25,29). The van der Waals surface area contributed by atoms with E-state index in [1.165, 1.54) is 0 Å². The van der Waals surface area contributed by atoms with Gasteiger partial charge in [0.05, 0.1) is 6.54 Å². The summed E-state index contributed by atoms with van der Waals surface area (Å²) in [6.07, 6.45) is 0.654. The minimum absolute atomic E-state index is 0.0498. The quantitative estimate of drug-likeness (QED) is 0.597. The van der Waals surface area contributed by atoms with Gasteiger partial charge in [-0.15, -0.1) is 0 Å². The van der Waals surface area contributed by atoms with E-state index >= 15 is 0 Å². The summed E-state index contributed by atoms with van der Waals surface area (Å²) in [6, 6.07) is 10.2. The molecule has 0 aliphatic carbocycles. The van der Waals surface area contributed by atoms with Gasteiger partial charge in [0.15, 0.2) is 0 Å². The molecule has 1 aromatic heterocycles. The first-order valence-corrected chi connectivity index (χ1v) is 10.1. The number of fused-ring (bicyclic) bond motifs is 1. The molecule has 0 saturated carbocycles. The van der Waals surface area contributed by atoms with Crippen LogP contribution in [0.3, 0.4) is 0 Å². The molecule has 0 radical (unpaired) electrons. The third-order valence-electron chi connectivity index (χ3n) is 4.92. The van der Waals surface area contributed by atoms with Gasteiger partial charge in [-0.05, 0) is 24.3 Å². The summed E-state index contributed by atoms with van der Waals surface area (Å²) in [4.78, 5) is 14.4. The van der Waals surface area contributed by atoms with E-state index in [-0.39, 0.29) is 18.4 Å². The highest BCUT2D eigenvalue weighted by molar-refractivity contribution is 9.10. The summed E-state index contributed by atoms with van der Waals surface area (Å²) in [5, 5.41) is 7.37. The van der Waals surface area contributed by atoms with E-state index in [1.807, 2.05) is 31.3 Å². The van der Waals surface area contributed by atoms with Gasteiger partial charge in [0.2, 0.25) is 0 Å². The van der Waals surface area contributed by atoms with Crippen LogP contribution in [-0.4, -0.2) is 27.3 Å². The lowest BCUT2D eigenvalue weighted by Crippen LogP contribution is -2.39. The Labute approximate surface area is 180 Å². The summed E-state index contributed by atoms with van der Waals surface area (Å²) in [5.74, 6) is -1.32. The second-order valence-electron chi connectivity index (χ2n) is 7.00. The fourth-order valence-electron chi connectivity index (χ4n) is 3.46. The SMILES string of the molecule is Cn1nc(COc2cc(F)cc(F)c2)c2c1CCN(C(=O)Nc1ccc(Br)cc1)C2. The van der Waals surface area contributed by atoms with Gasteiger partial charge in [0.1, 0.15) is 29.7 Å². The molecule has 1 aliphatic rings. The highest BCUT2D eigenvalue weighted by atomic mass is 79.9. The van der Waals surface area contributed by atoms with Crippen molar-refractivity contribution >= 4 is 27.6 Å². The zero-order valence-corrected chi connectivity index (χ0v) is 17.7. The highest BCUT2D eigenvalue weighted by Crippen LogP contribution is 2.25. The van der Waals surface area contributed by atoms with Gasteiger partial charge < -0.3 is 15.0 Å². The third kappa shape index (κ3) is 4.46. The second kappa shape index (κ2) is 8.43. The normalized spacial score (nSPS) is 13.1. The highest BCUT2D eigenvalue weighted by Gasteiger charge is 2.27. The summed E-state index contributed by atoms with van der Waals surface area (Å²) in [7, 11) is 1.84. The van der Waals surface area contributed by atoms with Gasteiger partial charge in [0.25, 0.3) is 0 Å². The Morgan fingerprint density at radius 3 is 2.60 bits per heavy atom. The molecular formula is C21H19BrF2N4O2. The molecule has 0 spiro atoms. The number of carbonyl (C=O) groups is 1. The fourth-order valence-corrected chi connectivity index (χ4v) is 3.72. The summed E-state index contributed by atoms with van der Waals surface area (Å²) < 4.78 is 35.0. The minimum atomic E-state index is -0.705. The minimum Gasteiger partial charge on any atom is -0.487 e. The number of aromatic nitrogens is 2. The van der Waals surface area contributed by atoms with Crippen molar-refractivity contribution in [2.75, 3.05) is 11.9 Å². The molecule has 9 heteroatoms. The molecule has 0 bridgehead atoms. The van der Waals surface area contributed by atoms with Crippen molar-refractivity contribution in [1.82, 2.24) is 14.7 Å². The Kier molecular flexibility index (Phi) is 5.72. The molecule has 0 fully saturated rings. The zero-order valence-electron chi connectivity index (χ0n) is 16.2. The number of benzene rings is 2. The molecule has 6 nitrogen and oxygen atoms in total. The monoisotopic (exact) mass is 476 g/mol. The average molecular weight is 477 g/mol. The number of nitrogens with one attached hydrogen (secondary N) is 1. The van der Waals surface area contributed by atoms with Crippen LogP contribution in [0.2, 0.25) is 0 Å². The van der Waals surface area contributed by atoms with Gasteiger partial charge in [0, 0.05) is 59.6 Å². The van der Waals surface area contributed by atoms with Crippen LogP contribution in [0, 0.1) is 11.6 Å². The van der Waals surface area contributed by atoms with E-state index < -0.39 is 11.6 Å². The number of nitrogens with zero attached hydrogens (tertiary/aromatic N) is 3. The topological polar surface area (TPSA) is 59.4 Å². The van der Waals surface area contributed by atoms with Gasteiger partial charge in [-0.2, -0.15) is 5.10 Å². The molecule has 156 valence electrons. The van der Waals surface area contributed by atoms with E-state index in [0.717, 1.165) is 33.9 Å². The lowest BCUT2D eigenvalue weighted by molar-refractivity contribution is 0.205. The number of hydrogen-bond acceptors (Lipinski definition) is 3. The van der Waals surface area contributed by atoms with Crippen LogP contribution in [0.1, 0.15) is 17.0 Å². The Balaban J connectivity index is 1.47. The molecule has 2 amide bonds. The van der Waals surface area contributed by atoms with E-state index in [0.29, 0.717) is 30.9 Å². The lowest BCUT2D eigenvalue weighted by Gasteiger charge is -2.28.